The van der Waals surface area contributed by atoms with Crippen LogP contribution in [0, 0.1) is 5.92 Å². The zero-order valence-electron chi connectivity index (χ0n) is 28.1. The second-order valence-electron chi connectivity index (χ2n) is 12.4. The first-order chi connectivity index (χ1) is 23.7. The maximum absolute atomic E-state index is 13.6. The molecule has 51 heavy (non-hydrogen) atoms. The second-order valence-corrected chi connectivity index (χ2v) is 13.8. The summed E-state index contributed by atoms with van der Waals surface area (Å²) in [6, 6.07) is 11.4. The third-order valence-electron chi connectivity index (χ3n) is 7.42. The maximum Gasteiger partial charge on any atom is 0.435 e. The van der Waals surface area contributed by atoms with Crippen LogP contribution in [0.25, 0.3) is 0 Å². The van der Waals surface area contributed by atoms with Crippen molar-refractivity contribution in [3.05, 3.63) is 105 Å². The minimum absolute atomic E-state index is 0.00930. The number of aliphatic hydroxyl groups is 1. The molecule has 5 rings (SSSR count). The molecule has 2 atom stereocenters. The van der Waals surface area contributed by atoms with Crippen molar-refractivity contribution in [1.29, 1.82) is 0 Å². The van der Waals surface area contributed by atoms with Crippen molar-refractivity contribution in [1.82, 2.24) is 24.5 Å². The number of carbonyl (C=O) groups is 1. The van der Waals surface area contributed by atoms with Gasteiger partial charge in [0.15, 0.2) is 5.69 Å². The number of nitrogens with zero attached hydrogens (tertiary/aromatic N) is 5. The molecular weight excluding hydrogens is 722 g/mol. The highest BCUT2D eigenvalue weighted by atomic mass is 35.5. The van der Waals surface area contributed by atoms with Gasteiger partial charge in [-0.15, -0.1) is 11.3 Å². The van der Waals surface area contributed by atoms with Crippen molar-refractivity contribution in [3.63, 3.8) is 0 Å². The van der Waals surface area contributed by atoms with Crippen molar-refractivity contribution < 1.29 is 41.0 Å². The van der Waals surface area contributed by atoms with Crippen LogP contribution < -0.4 is 10.1 Å². The van der Waals surface area contributed by atoms with E-state index >= 15 is 0 Å². The average molecular weight is 757 g/mol. The van der Waals surface area contributed by atoms with E-state index in [9.17, 15) is 36.2 Å². The summed E-state index contributed by atoms with van der Waals surface area (Å²) >= 11 is 7.28. The van der Waals surface area contributed by atoms with Crippen molar-refractivity contribution in [3.8, 4) is 11.5 Å². The molecule has 0 fully saturated rings. The number of halogens is 7. The van der Waals surface area contributed by atoms with Crippen LogP contribution >= 0.6 is 22.9 Å². The molecule has 0 saturated heterocycles. The summed E-state index contributed by atoms with van der Waals surface area (Å²) < 4.78 is 87.6. The van der Waals surface area contributed by atoms with Gasteiger partial charge in [0, 0.05) is 23.1 Å². The first kappa shape index (κ1) is 39.4. The molecule has 5 aromatic rings. The highest BCUT2D eigenvalue weighted by Crippen LogP contribution is 2.40. The Morgan fingerprint density at radius 1 is 1.00 bits per heavy atom. The quantitative estimate of drug-likeness (QED) is 0.138. The number of anilines is 1. The Kier molecular flexibility index (Phi) is 12.2. The van der Waals surface area contributed by atoms with Crippen LogP contribution in [0.4, 0.5) is 32.0 Å². The molecule has 2 N–H and O–H groups in total. The number of nitrogens with one attached hydrogen (secondary N) is 1. The predicted octanol–water partition coefficient (Wildman–Crippen LogP) is 9.55. The second kappa shape index (κ2) is 15.9. The summed E-state index contributed by atoms with van der Waals surface area (Å²) in [5.74, 6) is 0.239. The van der Waals surface area contributed by atoms with E-state index in [4.69, 9.17) is 16.3 Å². The van der Waals surface area contributed by atoms with Crippen molar-refractivity contribution in [2.24, 2.45) is 13.0 Å². The molecule has 0 aliphatic heterocycles. The Bertz CT molecular complexity index is 1900. The largest absolute Gasteiger partial charge is 0.457 e. The lowest BCUT2D eigenvalue weighted by Gasteiger charge is -2.27. The topological polar surface area (TPSA) is 107 Å². The fourth-order valence-corrected chi connectivity index (χ4v) is 6.37. The predicted molar refractivity (Wildman–Crippen MR) is 181 cm³/mol. The molecule has 0 aliphatic rings. The van der Waals surface area contributed by atoms with E-state index in [0.717, 1.165) is 28.2 Å². The Morgan fingerprint density at radius 3 is 2.25 bits per heavy atom. The van der Waals surface area contributed by atoms with Gasteiger partial charge in [0.1, 0.15) is 29.8 Å². The van der Waals surface area contributed by atoms with Gasteiger partial charge in [-0.1, -0.05) is 38.4 Å². The fourth-order valence-electron chi connectivity index (χ4n) is 5.32. The fraction of sp³-hybridized carbons (Fsp3) is 0.353. The molecule has 1 amide bonds. The lowest BCUT2D eigenvalue weighted by atomic mass is 9.90. The number of hydrogen-bond donors (Lipinski definition) is 2. The van der Waals surface area contributed by atoms with Crippen LogP contribution in [0.5, 0.6) is 11.5 Å². The monoisotopic (exact) mass is 756 g/mol. The lowest BCUT2D eigenvalue weighted by molar-refractivity contribution is -0.142. The van der Waals surface area contributed by atoms with E-state index < -0.39 is 40.7 Å². The molecule has 0 saturated carbocycles. The van der Waals surface area contributed by atoms with Crippen LogP contribution in [0.3, 0.4) is 0 Å². The molecule has 2 unspecified atom stereocenters. The van der Waals surface area contributed by atoms with Crippen LogP contribution in [-0.2, 0) is 31.5 Å². The number of rotatable bonds is 10. The highest BCUT2D eigenvalue weighted by Gasteiger charge is 2.40. The number of ether oxygens (including phenoxy) is 1. The molecule has 0 bridgehead atoms. The average Bonchev–Trinajstić information content (AvgIpc) is 3.79. The van der Waals surface area contributed by atoms with Gasteiger partial charge >= 0.3 is 12.4 Å². The SMILES string of the molecule is CC(C)CC(C)c1sccc1NC(=O)c1cn(C)nc1C(F)(F)F.CC(O)(Cn1cncn1)c1ccc(Oc2ccc(Cl)cc2)cc1C(F)(F)F. The number of alkyl halides is 6. The smallest absolute Gasteiger partial charge is 0.435 e. The summed E-state index contributed by atoms with van der Waals surface area (Å²) in [6.07, 6.45) is -4.77. The van der Waals surface area contributed by atoms with Crippen molar-refractivity contribution >= 4 is 34.5 Å². The van der Waals surface area contributed by atoms with Crippen molar-refractivity contribution in [2.45, 2.75) is 64.5 Å². The minimum atomic E-state index is -4.68. The highest BCUT2D eigenvalue weighted by molar-refractivity contribution is 7.10. The number of carbonyl (C=O) groups excluding carboxylic acids is 1. The van der Waals surface area contributed by atoms with Gasteiger partial charge in [0.2, 0.25) is 0 Å². The number of hydrogen-bond acceptors (Lipinski definition) is 7. The first-order valence-corrected chi connectivity index (χ1v) is 16.7. The molecule has 17 heteroatoms. The minimum Gasteiger partial charge on any atom is -0.457 e. The summed E-state index contributed by atoms with van der Waals surface area (Å²) in [6.45, 7) is 7.36. The van der Waals surface area contributed by atoms with E-state index in [-0.39, 0.29) is 23.8 Å². The van der Waals surface area contributed by atoms with E-state index in [1.807, 2.05) is 12.3 Å². The van der Waals surface area contributed by atoms with Gasteiger partial charge in [0.25, 0.3) is 5.91 Å². The van der Waals surface area contributed by atoms with Gasteiger partial charge in [-0.05, 0) is 78.6 Å². The van der Waals surface area contributed by atoms with Crippen molar-refractivity contribution in [2.75, 3.05) is 5.32 Å². The molecular formula is C34H35ClF6N6O3S. The standard InChI is InChI=1S/C18H15ClF3N3O2.C16H20F3N3OS/c1-17(26,9-25-11-23-10-24-25)15-7-6-14(8-16(15)18(20,21)22)27-13-4-2-12(19)3-5-13;1-9(2)7-10(3)13-12(5-6-24-13)20-15(23)11-8-22(4)21-14(11)16(17,18)19/h2-8,10-11,26H,9H2,1H3;5-6,8-10H,7H2,1-4H3,(H,20,23). The Balaban J connectivity index is 0.000000230. The molecule has 0 aliphatic carbocycles. The van der Waals surface area contributed by atoms with Gasteiger partial charge in [-0.3, -0.25) is 9.48 Å². The van der Waals surface area contributed by atoms with Crippen LogP contribution in [0.1, 0.15) is 72.1 Å². The van der Waals surface area contributed by atoms with Crippen LogP contribution in [0.15, 0.2) is 72.8 Å². The normalized spacial score (nSPS) is 13.7. The third kappa shape index (κ3) is 10.6. The summed E-state index contributed by atoms with van der Waals surface area (Å²) in [7, 11) is 1.35. The van der Waals surface area contributed by atoms with Crippen LogP contribution in [0.2, 0.25) is 5.02 Å². The van der Waals surface area contributed by atoms with E-state index in [2.05, 4.69) is 34.3 Å². The number of benzene rings is 2. The third-order valence-corrected chi connectivity index (χ3v) is 8.82. The molecule has 3 aromatic heterocycles. The molecule has 2 aromatic carbocycles. The molecule has 0 spiro atoms. The molecule has 274 valence electrons. The summed E-state index contributed by atoms with van der Waals surface area (Å²) in [5, 5.41) is 22.8. The first-order valence-electron chi connectivity index (χ1n) is 15.4. The molecule has 0 radical (unpaired) electrons. The Labute approximate surface area is 298 Å². The van der Waals surface area contributed by atoms with Gasteiger partial charge in [0.05, 0.1) is 23.4 Å². The molecule has 9 nitrogen and oxygen atoms in total. The number of aromatic nitrogens is 5. The summed E-state index contributed by atoms with van der Waals surface area (Å²) in [4.78, 5) is 17.0. The van der Waals surface area contributed by atoms with Gasteiger partial charge in [-0.25, -0.2) is 9.67 Å². The summed E-state index contributed by atoms with van der Waals surface area (Å²) in [5.41, 5.74) is -4.17. The van der Waals surface area contributed by atoms with E-state index in [1.165, 1.54) is 54.8 Å². The molecule has 3 heterocycles. The maximum atomic E-state index is 13.6. The van der Waals surface area contributed by atoms with E-state index in [1.54, 1.807) is 30.3 Å². The Hall–Kier alpha value is -4.41. The number of aryl methyl sites for hydroxylation is 1. The lowest BCUT2D eigenvalue weighted by Crippen LogP contribution is -2.31. The number of amides is 1. The van der Waals surface area contributed by atoms with Gasteiger partial charge in [-0.2, -0.15) is 36.5 Å². The Morgan fingerprint density at radius 2 is 1.67 bits per heavy atom. The zero-order chi connectivity index (χ0) is 37.7. The van der Waals surface area contributed by atoms with Crippen LogP contribution in [-0.4, -0.2) is 35.6 Å². The van der Waals surface area contributed by atoms with Gasteiger partial charge < -0.3 is 15.2 Å². The van der Waals surface area contributed by atoms with E-state index in [0.29, 0.717) is 22.4 Å². The zero-order valence-corrected chi connectivity index (χ0v) is 29.6. The number of thiophene rings is 1.